The number of imidazole rings is 1. The Morgan fingerprint density at radius 2 is 2.27 bits per heavy atom. The molecule has 15 heavy (non-hydrogen) atoms. The van der Waals surface area contributed by atoms with Gasteiger partial charge in [0.15, 0.2) is 0 Å². The fraction of sp³-hybridized carbons (Fsp3) is 0. The van der Waals surface area contributed by atoms with Crippen LogP contribution in [0.2, 0.25) is 0 Å². The van der Waals surface area contributed by atoms with Crippen LogP contribution < -0.4 is 0 Å². The molecular formula is C10H7BrN2O2. The molecule has 0 radical (unpaired) electrons. The predicted octanol–water partition coefficient (Wildman–Crippen LogP) is 2.33. The van der Waals surface area contributed by atoms with E-state index in [0.29, 0.717) is 5.69 Å². The van der Waals surface area contributed by atoms with Crippen LogP contribution in [0, 0.1) is 0 Å². The number of aromatic carboxylic acids is 1. The van der Waals surface area contributed by atoms with Gasteiger partial charge >= 0.3 is 5.97 Å². The zero-order valence-corrected chi connectivity index (χ0v) is 9.18. The number of hydrogen-bond donors (Lipinski definition) is 1. The largest absolute Gasteiger partial charge is 0.478 e. The van der Waals surface area contributed by atoms with Crippen molar-refractivity contribution >= 4 is 21.9 Å². The highest BCUT2D eigenvalue weighted by Gasteiger charge is 2.11. The molecule has 0 spiro atoms. The number of rotatable bonds is 2. The Balaban J connectivity index is 2.63. The molecule has 1 heterocycles. The minimum Gasteiger partial charge on any atom is -0.478 e. The van der Waals surface area contributed by atoms with Gasteiger partial charge in [-0.15, -0.1) is 0 Å². The van der Waals surface area contributed by atoms with Crippen LogP contribution in [0.25, 0.3) is 5.69 Å². The van der Waals surface area contributed by atoms with Crippen LogP contribution in [-0.4, -0.2) is 20.6 Å². The summed E-state index contributed by atoms with van der Waals surface area (Å²) in [6, 6.07) is 5.00. The predicted molar refractivity (Wildman–Crippen MR) is 58.2 cm³/mol. The molecule has 0 aliphatic rings. The number of halogens is 1. The van der Waals surface area contributed by atoms with E-state index in [1.807, 2.05) is 0 Å². The van der Waals surface area contributed by atoms with Crippen LogP contribution >= 0.6 is 15.9 Å². The molecule has 1 aromatic heterocycles. The zero-order chi connectivity index (χ0) is 10.8. The fourth-order valence-corrected chi connectivity index (χ4v) is 1.65. The lowest BCUT2D eigenvalue weighted by Crippen LogP contribution is -2.03. The Kier molecular flexibility index (Phi) is 2.55. The molecule has 0 aliphatic carbocycles. The van der Waals surface area contributed by atoms with Crippen molar-refractivity contribution in [1.29, 1.82) is 0 Å². The highest BCUT2D eigenvalue weighted by Crippen LogP contribution is 2.20. The summed E-state index contributed by atoms with van der Waals surface area (Å²) < 4.78 is 2.49. The van der Waals surface area contributed by atoms with Crippen LogP contribution in [-0.2, 0) is 0 Å². The van der Waals surface area contributed by atoms with Gasteiger partial charge in [-0.2, -0.15) is 0 Å². The smallest absolute Gasteiger partial charge is 0.337 e. The minimum atomic E-state index is -0.953. The number of nitrogens with zero attached hydrogens (tertiary/aromatic N) is 2. The van der Waals surface area contributed by atoms with Gasteiger partial charge < -0.3 is 9.67 Å². The lowest BCUT2D eigenvalue weighted by Gasteiger charge is -2.06. The van der Waals surface area contributed by atoms with Crippen molar-refractivity contribution in [3.8, 4) is 5.69 Å². The van der Waals surface area contributed by atoms with Gasteiger partial charge in [0.2, 0.25) is 0 Å². The number of carboxylic acids is 1. The third-order valence-corrected chi connectivity index (χ3v) is 2.47. The molecule has 0 amide bonds. The molecule has 76 valence electrons. The van der Waals surface area contributed by atoms with E-state index in [1.54, 1.807) is 41.5 Å². The van der Waals surface area contributed by atoms with Gasteiger partial charge in [-0.3, -0.25) is 0 Å². The molecule has 2 rings (SSSR count). The molecule has 0 aliphatic heterocycles. The number of aromatic nitrogens is 2. The second-order valence-corrected chi connectivity index (χ2v) is 3.85. The first-order valence-corrected chi connectivity index (χ1v) is 4.99. The molecule has 2 aromatic rings. The first kappa shape index (κ1) is 9.92. The van der Waals surface area contributed by atoms with Crippen LogP contribution in [0.15, 0.2) is 41.4 Å². The summed E-state index contributed by atoms with van der Waals surface area (Å²) in [5, 5.41) is 9.01. The first-order valence-electron chi connectivity index (χ1n) is 4.19. The van der Waals surface area contributed by atoms with Crippen molar-refractivity contribution in [2.75, 3.05) is 0 Å². The molecule has 0 bridgehead atoms. The van der Waals surface area contributed by atoms with Gasteiger partial charge in [-0.1, -0.05) is 15.9 Å². The summed E-state index contributed by atoms with van der Waals surface area (Å²) >= 11 is 3.30. The standard InChI is InChI=1S/C10H7BrN2O2/c11-7-1-2-8(10(14)15)9(5-7)13-4-3-12-6-13/h1-6H,(H,14,15). The Bertz CT molecular complexity index is 494. The quantitative estimate of drug-likeness (QED) is 0.908. The van der Waals surface area contributed by atoms with Crippen molar-refractivity contribution < 1.29 is 9.90 Å². The summed E-state index contributed by atoms with van der Waals surface area (Å²) in [6.45, 7) is 0. The van der Waals surface area contributed by atoms with Crippen LogP contribution in [0.1, 0.15) is 10.4 Å². The minimum absolute atomic E-state index is 0.246. The van der Waals surface area contributed by atoms with E-state index < -0.39 is 5.97 Å². The third-order valence-electron chi connectivity index (χ3n) is 1.97. The van der Waals surface area contributed by atoms with Crippen molar-refractivity contribution in [2.45, 2.75) is 0 Å². The number of benzene rings is 1. The van der Waals surface area contributed by atoms with Crippen molar-refractivity contribution in [3.63, 3.8) is 0 Å². The number of carbonyl (C=O) groups is 1. The van der Waals surface area contributed by atoms with Crippen molar-refractivity contribution in [3.05, 3.63) is 47.0 Å². The Morgan fingerprint density at radius 3 is 2.87 bits per heavy atom. The van der Waals surface area contributed by atoms with Gasteiger partial charge in [0.1, 0.15) is 0 Å². The molecule has 5 heteroatoms. The lowest BCUT2D eigenvalue weighted by molar-refractivity contribution is 0.0697. The van der Waals surface area contributed by atoms with E-state index in [9.17, 15) is 4.79 Å². The average Bonchev–Trinajstić information content (AvgIpc) is 2.69. The normalized spacial score (nSPS) is 10.2. The Hall–Kier alpha value is -1.62. The Morgan fingerprint density at radius 1 is 1.47 bits per heavy atom. The SMILES string of the molecule is O=C(O)c1ccc(Br)cc1-n1ccnc1. The summed E-state index contributed by atoms with van der Waals surface area (Å²) in [4.78, 5) is 14.9. The highest BCUT2D eigenvalue weighted by atomic mass is 79.9. The second-order valence-electron chi connectivity index (χ2n) is 2.94. The van der Waals surface area contributed by atoms with Crippen LogP contribution in [0.4, 0.5) is 0 Å². The van der Waals surface area contributed by atoms with E-state index in [2.05, 4.69) is 20.9 Å². The van der Waals surface area contributed by atoms with E-state index >= 15 is 0 Å². The van der Waals surface area contributed by atoms with E-state index in [0.717, 1.165) is 4.47 Å². The number of hydrogen-bond acceptors (Lipinski definition) is 2. The lowest BCUT2D eigenvalue weighted by atomic mass is 10.2. The maximum absolute atomic E-state index is 11.0. The van der Waals surface area contributed by atoms with E-state index in [1.165, 1.54) is 0 Å². The highest BCUT2D eigenvalue weighted by molar-refractivity contribution is 9.10. The van der Waals surface area contributed by atoms with Crippen LogP contribution in [0.3, 0.4) is 0 Å². The Labute approximate surface area is 94.3 Å². The molecule has 0 unspecified atom stereocenters. The topological polar surface area (TPSA) is 55.1 Å². The van der Waals surface area contributed by atoms with Crippen LogP contribution in [0.5, 0.6) is 0 Å². The maximum atomic E-state index is 11.0. The first-order chi connectivity index (χ1) is 7.18. The molecule has 0 fully saturated rings. The zero-order valence-electron chi connectivity index (χ0n) is 7.59. The maximum Gasteiger partial charge on any atom is 0.337 e. The second kappa shape index (κ2) is 3.86. The molecule has 4 nitrogen and oxygen atoms in total. The van der Waals surface area contributed by atoms with Gasteiger partial charge in [-0.25, -0.2) is 9.78 Å². The van der Waals surface area contributed by atoms with E-state index in [-0.39, 0.29) is 5.56 Å². The summed E-state index contributed by atoms with van der Waals surface area (Å²) in [5.74, 6) is -0.953. The summed E-state index contributed by atoms with van der Waals surface area (Å²) in [5.41, 5.74) is 0.838. The molecular weight excluding hydrogens is 260 g/mol. The molecule has 0 saturated carbocycles. The van der Waals surface area contributed by atoms with Crippen molar-refractivity contribution in [2.24, 2.45) is 0 Å². The fourth-order valence-electron chi connectivity index (χ4n) is 1.30. The van der Waals surface area contributed by atoms with Crippen molar-refractivity contribution in [1.82, 2.24) is 9.55 Å². The number of carboxylic acid groups (broad SMARTS) is 1. The van der Waals surface area contributed by atoms with Gasteiger partial charge in [0.05, 0.1) is 17.6 Å². The van der Waals surface area contributed by atoms with Gasteiger partial charge in [0, 0.05) is 16.9 Å². The molecule has 1 aromatic carbocycles. The molecule has 0 atom stereocenters. The van der Waals surface area contributed by atoms with Gasteiger partial charge in [0.25, 0.3) is 0 Å². The van der Waals surface area contributed by atoms with E-state index in [4.69, 9.17) is 5.11 Å². The summed E-state index contributed by atoms with van der Waals surface area (Å²) in [7, 11) is 0. The molecule has 0 saturated heterocycles. The monoisotopic (exact) mass is 266 g/mol. The summed E-state index contributed by atoms with van der Waals surface area (Å²) in [6.07, 6.45) is 4.87. The van der Waals surface area contributed by atoms with Gasteiger partial charge in [-0.05, 0) is 18.2 Å². The molecule has 1 N–H and O–H groups in total. The third kappa shape index (κ3) is 1.92. The average molecular weight is 267 g/mol.